The number of amides is 1. The highest BCUT2D eigenvalue weighted by molar-refractivity contribution is 5.78. The number of hydrogen-bond acceptors (Lipinski definition) is 4. The molecule has 1 aliphatic heterocycles. The Bertz CT molecular complexity index is 568. The lowest BCUT2D eigenvalue weighted by Crippen LogP contribution is -3.11. The predicted molar refractivity (Wildman–Crippen MR) is 101 cm³/mol. The number of ether oxygens (including phenoxy) is 3. The van der Waals surface area contributed by atoms with E-state index in [-0.39, 0.29) is 5.92 Å². The van der Waals surface area contributed by atoms with Crippen LogP contribution in [0.5, 0.6) is 17.2 Å². The van der Waals surface area contributed by atoms with Crippen molar-refractivity contribution in [1.29, 1.82) is 0 Å². The van der Waals surface area contributed by atoms with Gasteiger partial charge in [0.25, 0.3) is 0 Å². The molecule has 6 nitrogen and oxygen atoms in total. The number of quaternary nitrogens is 1. The van der Waals surface area contributed by atoms with Crippen LogP contribution in [0.4, 0.5) is 0 Å². The van der Waals surface area contributed by atoms with Crippen LogP contribution < -0.4 is 19.1 Å². The summed E-state index contributed by atoms with van der Waals surface area (Å²) in [6.45, 7) is 8.60. The van der Waals surface area contributed by atoms with E-state index in [0.29, 0.717) is 23.2 Å². The molecule has 1 amide bonds. The molecule has 0 saturated carbocycles. The van der Waals surface area contributed by atoms with Crippen molar-refractivity contribution >= 4 is 5.91 Å². The second kappa shape index (κ2) is 9.67. The van der Waals surface area contributed by atoms with E-state index in [1.807, 2.05) is 30.9 Å². The Hall–Kier alpha value is -1.95. The van der Waals surface area contributed by atoms with E-state index in [1.54, 1.807) is 21.3 Å². The number of likely N-dealkylation sites (tertiary alicyclic amines) is 1. The lowest BCUT2D eigenvalue weighted by molar-refractivity contribution is -0.919. The zero-order valence-corrected chi connectivity index (χ0v) is 16.8. The minimum absolute atomic E-state index is 0.179. The van der Waals surface area contributed by atoms with Crippen LogP contribution in [-0.4, -0.2) is 58.3 Å². The van der Waals surface area contributed by atoms with Gasteiger partial charge in [-0.3, -0.25) is 4.79 Å². The van der Waals surface area contributed by atoms with Crippen molar-refractivity contribution in [2.75, 3.05) is 47.5 Å². The zero-order valence-electron chi connectivity index (χ0n) is 16.8. The molecule has 0 unspecified atom stereocenters. The molecule has 1 fully saturated rings. The number of rotatable bonds is 8. The highest BCUT2D eigenvalue weighted by Crippen LogP contribution is 2.38. The highest BCUT2D eigenvalue weighted by Gasteiger charge is 2.30. The molecule has 0 aromatic heterocycles. The third-order valence-electron chi connectivity index (χ3n) is 5.30. The van der Waals surface area contributed by atoms with Gasteiger partial charge in [-0.2, -0.15) is 0 Å². The number of carbonyl (C=O) groups is 1. The van der Waals surface area contributed by atoms with Crippen LogP contribution in [-0.2, 0) is 11.3 Å². The second-order valence-electron chi connectivity index (χ2n) is 6.75. The Kier molecular flexibility index (Phi) is 7.57. The molecule has 26 heavy (non-hydrogen) atoms. The summed E-state index contributed by atoms with van der Waals surface area (Å²) >= 11 is 0. The van der Waals surface area contributed by atoms with Crippen LogP contribution in [0, 0.1) is 5.92 Å². The predicted octanol–water partition coefficient (Wildman–Crippen LogP) is 1.38. The number of nitrogens with one attached hydrogen (secondary N) is 1. The normalized spacial score (nSPS) is 19.7. The van der Waals surface area contributed by atoms with Crippen LogP contribution in [0.2, 0.25) is 0 Å². The van der Waals surface area contributed by atoms with Crippen molar-refractivity contribution in [3.05, 3.63) is 17.7 Å². The van der Waals surface area contributed by atoms with Gasteiger partial charge >= 0.3 is 0 Å². The number of methoxy groups -OCH3 is 3. The summed E-state index contributed by atoms with van der Waals surface area (Å²) < 4.78 is 16.3. The molecule has 2 rings (SSSR count). The molecule has 1 saturated heterocycles. The molecular weight excluding hydrogens is 332 g/mol. The standard InChI is InChI=1S/C20H32N2O4/c1-6-22(7-2)20(23)16-8-10-21(11-9-16)14-15-12-17(24-3)19(26-5)18(13-15)25-4/h12-13,16H,6-11,14H2,1-5H3/p+1. The topological polar surface area (TPSA) is 52.4 Å². The molecule has 1 aromatic carbocycles. The summed E-state index contributed by atoms with van der Waals surface area (Å²) in [7, 11) is 4.89. The maximum atomic E-state index is 12.5. The number of carbonyl (C=O) groups excluding carboxylic acids is 1. The van der Waals surface area contributed by atoms with Gasteiger partial charge in [0.2, 0.25) is 11.7 Å². The smallest absolute Gasteiger partial charge is 0.226 e. The fourth-order valence-electron chi connectivity index (χ4n) is 3.77. The Morgan fingerprint density at radius 2 is 1.58 bits per heavy atom. The molecule has 0 atom stereocenters. The highest BCUT2D eigenvalue weighted by atomic mass is 16.5. The van der Waals surface area contributed by atoms with Crippen LogP contribution >= 0.6 is 0 Å². The van der Waals surface area contributed by atoms with Gasteiger partial charge < -0.3 is 24.0 Å². The third kappa shape index (κ3) is 4.61. The van der Waals surface area contributed by atoms with Gasteiger partial charge in [-0.15, -0.1) is 0 Å². The van der Waals surface area contributed by atoms with Gasteiger partial charge in [0.1, 0.15) is 6.54 Å². The van der Waals surface area contributed by atoms with Crippen molar-refractivity contribution in [1.82, 2.24) is 4.90 Å². The largest absolute Gasteiger partial charge is 0.493 e. The first-order chi connectivity index (χ1) is 12.6. The third-order valence-corrected chi connectivity index (χ3v) is 5.30. The summed E-state index contributed by atoms with van der Waals surface area (Å²) in [5.41, 5.74) is 1.16. The number of piperidine rings is 1. The van der Waals surface area contributed by atoms with Crippen molar-refractivity contribution in [2.24, 2.45) is 5.92 Å². The van der Waals surface area contributed by atoms with Gasteiger partial charge in [0.15, 0.2) is 11.5 Å². The average Bonchev–Trinajstić information content (AvgIpc) is 2.68. The average molecular weight is 365 g/mol. The number of nitrogens with zero attached hydrogens (tertiary/aromatic N) is 1. The summed E-state index contributed by atoms with van der Waals surface area (Å²) in [5.74, 6) is 2.50. The molecule has 1 heterocycles. The van der Waals surface area contributed by atoms with E-state index in [2.05, 4.69) is 0 Å². The van der Waals surface area contributed by atoms with Crippen molar-refractivity contribution in [3.8, 4) is 17.2 Å². The lowest BCUT2D eigenvalue weighted by atomic mass is 9.95. The van der Waals surface area contributed by atoms with Crippen LogP contribution in [0.15, 0.2) is 12.1 Å². The Balaban J connectivity index is 2.00. The van der Waals surface area contributed by atoms with E-state index in [9.17, 15) is 4.79 Å². The maximum absolute atomic E-state index is 12.5. The first-order valence-corrected chi connectivity index (χ1v) is 9.49. The molecule has 6 heteroatoms. The van der Waals surface area contributed by atoms with Crippen LogP contribution in [0.3, 0.4) is 0 Å². The molecule has 0 radical (unpaired) electrons. The quantitative estimate of drug-likeness (QED) is 0.756. The molecule has 1 N–H and O–H groups in total. The number of hydrogen-bond donors (Lipinski definition) is 1. The first-order valence-electron chi connectivity index (χ1n) is 9.49. The van der Waals surface area contributed by atoms with Crippen molar-refractivity contribution in [2.45, 2.75) is 33.2 Å². The molecule has 146 valence electrons. The van der Waals surface area contributed by atoms with Gasteiger partial charge in [-0.05, 0) is 26.0 Å². The van der Waals surface area contributed by atoms with Crippen molar-refractivity contribution < 1.29 is 23.9 Å². The van der Waals surface area contributed by atoms with Crippen molar-refractivity contribution in [3.63, 3.8) is 0 Å². The molecule has 1 aromatic rings. The van der Waals surface area contributed by atoms with Crippen LogP contribution in [0.25, 0.3) is 0 Å². The Labute approximate surface area is 157 Å². The van der Waals surface area contributed by atoms with Crippen LogP contribution in [0.1, 0.15) is 32.3 Å². The maximum Gasteiger partial charge on any atom is 0.226 e. The first kappa shape index (κ1) is 20.4. The van der Waals surface area contributed by atoms with Gasteiger partial charge in [0.05, 0.1) is 34.4 Å². The summed E-state index contributed by atoms with van der Waals surface area (Å²) in [6, 6.07) is 4.03. The van der Waals surface area contributed by atoms with E-state index in [4.69, 9.17) is 14.2 Å². The molecule has 0 aliphatic carbocycles. The van der Waals surface area contributed by atoms with E-state index in [0.717, 1.165) is 51.1 Å². The minimum atomic E-state index is 0.179. The Morgan fingerprint density at radius 3 is 2.00 bits per heavy atom. The zero-order chi connectivity index (χ0) is 19.1. The summed E-state index contributed by atoms with van der Waals surface area (Å²) in [6.07, 6.45) is 1.91. The Morgan fingerprint density at radius 1 is 1.04 bits per heavy atom. The lowest BCUT2D eigenvalue weighted by Gasteiger charge is -2.31. The molecule has 0 spiro atoms. The SMILES string of the molecule is CCN(CC)C(=O)C1CC[NH+](Cc2cc(OC)c(OC)c(OC)c2)CC1. The number of benzene rings is 1. The van der Waals surface area contributed by atoms with Gasteiger partial charge in [-0.25, -0.2) is 0 Å². The monoisotopic (exact) mass is 365 g/mol. The summed E-state index contributed by atoms with van der Waals surface area (Å²) in [4.78, 5) is 16.0. The fourth-order valence-corrected chi connectivity index (χ4v) is 3.77. The van der Waals surface area contributed by atoms with E-state index in [1.165, 1.54) is 4.90 Å². The second-order valence-corrected chi connectivity index (χ2v) is 6.75. The minimum Gasteiger partial charge on any atom is -0.493 e. The van der Waals surface area contributed by atoms with E-state index < -0.39 is 0 Å². The fraction of sp³-hybridized carbons (Fsp3) is 0.650. The summed E-state index contributed by atoms with van der Waals surface area (Å²) in [5, 5.41) is 0. The molecule has 1 aliphatic rings. The van der Waals surface area contributed by atoms with Gasteiger partial charge in [0, 0.05) is 37.4 Å². The molecular formula is C20H33N2O4+. The molecule has 0 bridgehead atoms. The van der Waals surface area contributed by atoms with E-state index >= 15 is 0 Å². The van der Waals surface area contributed by atoms with Gasteiger partial charge in [-0.1, -0.05) is 0 Å².